The first-order valence-electron chi connectivity index (χ1n) is 12.1. The highest BCUT2D eigenvalue weighted by atomic mass is 16.5. The molecule has 6 heterocycles. The third-order valence-electron chi connectivity index (χ3n) is 6.96. The maximum absolute atomic E-state index is 12.4. The van der Waals surface area contributed by atoms with Gasteiger partial charge >= 0.3 is 0 Å². The van der Waals surface area contributed by atoms with E-state index in [9.17, 15) is 9.90 Å². The van der Waals surface area contributed by atoms with Gasteiger partial charge in [0.2, 0.25) is 11.5 Å². The molecule has 2 atom stereocenters. The number of likely N-dealkylation sites (tertiary alicyclic amines) is 2. The first-order chi connectivity index (χ1) is 17.9. The van der Waals surface area contributed by atoms with Gasteiger partial charge < -0.3 is 24.7 Å². The summed E-state index contributed by atoms with van der Waals surface area (Å²) in [6.45, 7) is 2.49. The number of pyridine rings is 1. The summed E-state index contributed by atoms with van der Waals surface area (Å²) in [6.07, 6.45) is 6.74. The highest BCUT2D eigenvalue weighted by Gasteiger charge is 2.48. The van der Waals surface area contributed by atoms with Crippen molar-refractivity contribution in [3.8, 4) is 22.8 Å². The summed E-state index contributed by atoms with van der Waals surface area (Å²) in [5.41, 5.74) is 1.31. The maximum Gasteiger partial charge on any atom is 0.262 e. The van der Waals surface area contributed by atoms with E-state index in [0.29, 0.717) is 41.3 Å². The van der Waals surface area contributed by atoms with Crippen molar-refractivity contribution in [2.45, 2.75) is 24.5 Å². The predicted octanol–water partition coefficient (Wildman–Crippen LogP) is 2.06. The third-order valence-corrected chi connectivity index (χ3v) is 6.96. The SMILES string of the molecule is CN1CC[C@H](n2cc(Nc3nccc(-c4cccc(-c5cc([C@]6(O)CCN(C)C6=O)on5)n4)n3)cn2)C1. The van der Waals surface area contributed by atoms with Gasteiger partial charge in [0.05, 0.1) is 35.0 Å². The number of hydrogen-bond acceptors (Lipinski definition) is 10. The van der Waals surface area contributed by atoms with E-state index in [-0.39, 0.29) is 12.2 Å². The van der Waals surface area contributed by atoms with E-state index < -0.39 is 11.5 Å². The molecule has 37 heavy (non-hydrogen) atoms. The quantitative estimate of drug-likeness (QED) is 0.404. The minimum atomic E-state index is -1.70. The summed E-state index contributed by atoms with van der Waals surface area (Å²) in [5, 5.41) is 22.6. The lowest BCUT2D eigenvalue weighted by atomic mass is 9.98. The molecule has 0 bridgehead atoms. The van der Waals surface area contributed by atoms with E-state index in [0.717, 1.165) is 25.2 Å². The van der Waals surface area contributed by atoms with Crippen molar-refractivity contribution in [3.05, 3.63) is 54.7 Å². The van der Waals surface area contributed by atoms with Gasteiger partial charge in [-0.2, -0.15) is 5.10 Å². The summed E-state index contributed by atoms with van der Waals surface area (Å²) in [5.74, 6) is 0.143. The topological polar surface area (TPSA) is 138 Å². The normalized spacial score (nSPS) is 22.2. The van der Waals surface area contributed by atoms with E-state index in [1.165, 1.54) is 4.90 Å². The average molecular weight is 502 g/mol. The van der Waals surface area contributed by atoms with Crippen LogP contribution in [0.2, 0.25) is 0 Å². The molecule has 0 aliphatic carbocycles. The van der Waals surface area contributed by atoms with Gasteiger partial charge in [-0.25, -0.2) is 15.0 Å². The molecule has 190 valence electrons. The summed E-state index contributed by atoms with van der Waals surface area (Å²) in [4.78, 5) is 29.8. The molecular formula is C25H27N9O3. The van der Waals surface area contributed by atoms with Crippen molar-refractivity contribution in [1.29, 1.82) is 0 Å². The summed E-state index contributed by atoms with van der Waals surface area (Å²) < 4.78 is 7.35. The van der Waals surface area contributed by atoms with Crippen molar-refractivity contribution in [3.63, 3.8) is 0 Å². The third kappa shape index (κ3) is 4.34. The first kappa shape index (κ1) is 23.3. The minimum Gasteiger partial charge on any atom is -0.373 e. The lowest BCUT2D eigenvalue weighted by Crippen LogP contribution is -2.35. The summed E-state index contributed by atoms with van der Waals surface area (Å²) >= 11 is 0. The fourth-order valence-electron chi connectivity index (χ4n) is 4.81. The number of aliphatic hydroxyl groups is 1. The van der Waals surface area contributed by atoms with Gasteiger partial charge in [0.1, 0.15) is 5.69 Å². The van der Waals surface area contributed by atoms with Crippen molar-refractivity contribution in [2.75, 3.05) is 39.0 Å². The van der Waals surface area contributed by atoms with Crippen molar-refractivity contribution in [1.82, 2.24) is 39.7 Å². The van der Waals surface area contributed by atoms with Gasteiger partial charge in [-0.15, -0.1) is 0 Å². The smallest absolute Gasteiger partial charge is 0.262 e. The van der Waals surface area contributed by atoms with E-state index in [4.69, 9.17) is 4.52 Å². The van der Waals surface area contributed by atoms with Crippen LogP contribution in [0.1, 0.15) is 24.6 Å². The van der Waals surface area contributed by atoms with Crippen LogP contribution >= 0.6 is 0 Å². The Balaban J connectivity index is 1.21. The second-order valence-electron chi connectivity index (χ2n) is 9.63. The number of hydrogen-bond donors (Lipinski definition) is 2. The molecule has 2 N–H and O–H groups in total. The predicted molar refractivity (Wildman–Crippen MR) is 134 cm³/mol. The minimum absolute atomic E-state index is 0.113. The molecule has 2 fully saturated rings. The molecule has 0 aromatic carbocycles. The number of likely N-dealkylation sites (N-methyl/N-ethyl adjacent to an activating group) is 2. The summed E-state index contributed by atoms with van der Waals surface area (Å²) in [6, 6.07) is 9.17. The molecule has 0 unspecified atom stereocenters. The molecule has 12 nitrogen and oxygen atoms in total. The zero-order valence-corrected chi connectivity index (χ0v) is 20.6. The number of rotatable bonds is 6. The lowest BCUT2D eigenvalue weighted by molar-refractivity contribution is -0.144. The number of nitrogens with zero attached hydrogens (tertiary/aromatic N) is 8. The maximum atomic E-state index is 12.4. The number of carbonyl (C=O) groups is 1. The Morgan fingerprint density at radius 1 is 1.11 bits per heavy atom. The molecule has 0 radical (unpaired) electrons. The van der Waals surface area contributed by atoms with Crippen LogP contribution in [0.25, 0.3) is 22.8 Å². The molecule has 1 amide bonds. The Kier molecular flexibility index (Phi) is 5.69. The van der Waals surface area contributed by atoms with Crippen LogP contribution in [0.4, 0.5) is 11.6 Å². The van der Waals surface area contributed by atoms with E-state index >= 15 is 0 Å². The fourth-order valence-corrected chi connectivity index (χ4v) is 4.81. The second-order valence-corrected chi connectivity index (χ2v) is 9.63. The van der Waals surface area contributed by atoms with Crippen molar-refractivity contribution < 1.29 is 14.4 Å². The van der Waals surface area contributed by atoms with Crippen molar-refractivity contribution in [2.24, 2.45) is 0 Å². The van der Waals surface area contributed by atoms with Crippen LogP contribution in [-0.2, 0) is 10.4 Å². The first-order valence-corrected chi connectivity index (χ1v) is 12.1. The molecule has 0 spiro atoms. The zero-order chi connectivity index (χ0) is 25.6. The van der Waals surface area contributed by atoms with Gasteiger partial charge in [-0.05, 0) is 38.2 Å². The standard InChI is InChI=1S/C25H27N9O3/c1-32-10-7-17(15-32)34-14-16(13-27-34)28-24-26-9-6-20(30-24)18-4-3-5-19(29-18)21-12-22(37-31-21)25(36)8-11-33(2)23(25)35/h3-6,9,12-14,17,36H,7-8,10-11,15H2,1-2H3,(H,26,28,30)/t17-,25+/m0/s1. The number of carbonyl (C=O) groups excluding carboxylic acids is 1. The summed E-state index contributed by atoms with van der Waals surface area (Å²) in [7, 11) is 3.76. The van der Waals surface area contributed by atoms with Gasteiger partial charge in [0.15, 0.2) is 5.76 Å². The van der Waals surface area contributed by atoms with Gasteiger partial charge in [-0.3, -0.25) is 9.48 Å². The van der Waals surface area contributed by atoms with Crippen LogP contribution in [0.5, 0.6) is 0 Å². The Morgan fingerprint density at radius 3 is 2.68 bits per heavy atom. The average Bonchev–Trinajstić information content (AvgIpc) is 3.71. The second kappa shape index (κ2) is 9.05. The molecule has 12 heteroatoms. The van der Waals surface area contributed by atoms with Crippen LogP contribution < -0.4 is 5.32 Å². The monoisotopic (exact) mass is 501 g/mol. The van der Waals surface area contributed by atoms with Crippen LogP contribution in [-0.4, -0.2) is 84.4 Å². The van der Waals surface area contributed by atoms with E-state index in [2.05, 4.69) is 42.5 Å². The van der Waals surface area contributed by atoms with E-state index in [1.807, 2.05) is 23.0 Å². The largest absolute Gasteiger partial charge is 0.373 e. The van der Waals surface area contributed by atoms with Crippen LogP contribution in [0.15, 0.2) is 53.4 Å². The fraction of sp³-hybridized carbons (Fsp3) is 0.360. The molecule has 2 saturated heterocycles. The van der Waals surface area contributed by atoms with Crippen molar-refractivity contribution >= 4 is 17.5 Å². The lowest BCUT2D eigenvalue weighted by Gasteiger charge is -2.16. The Morgan fingerprint density at radius 2 is 1.92 bits per heavy atom. The van der Waals surface area contributed by atoms with Crippen LogP contribution in [0.3, 0.4) is 0 Å². The molecular weight excluding hydrogens is 474 g/mol. The highest BCUT2D eigenvalue weighted by molar-refractivity contribution is 5.87. The molecule has 0 saturated carbocycles. The molecule has 6 rings (SSSR count). The number of amides is 1. The number of nitrogens with one attached hydrogen (secondary N) is 1. The Hall–Kier alpha value is -4.16. The molecule has 2 aliphatic rings. The molecule has 4 aromatic heterocycles. The molecule has 2 aliphatic heterocycles. The van der Waals surface area contributed by atoms with Gasteiger partial charge in [0.25, 0.3) is 5.91 Å². The molecule has 4 aromatic rings. The number of aromatic nitrogens is 6. The van der Waals surface area contributed by atoms with Gasteiger partial charge in [0, 0.05) is 45.0 Å². The zero-order valence-electron chi connectivity index (χ0n) is 20.6. The van der Waals surface area contributed by atoms with E-state index in [1.54, 1.807) is 37.6 Å². The van der Waals surface area contributed by atoms with Crippen LogP contribution in [0, 0.1) is 0 Å². The number of anilines is 2. The Bertz CT molecular complexity index is 1450. The highest BCUT2D eigenvalue weighted by Crippen LogP contribution is 2.34. The van der Waals surface area contributed by atoms with Gasteiger partial charge in [-0.1, -0.05) is 11.2 Å². The Labute approximate surface area is 212 Å².